The Kier molecular flexibility index (Phi) is 4.38. The van der Waals surface area contributed by atoms with E-state index >= 15 is 0 Å². The highest BCUT2D eigenvalue weighted by Crippen LogP contribution is 2.21. The van der Waals surface area contributed by atoms with E-state index in [0.717, 1.165) is 16.4 Å². The molecule has 21 heavy (non-hydrogen) atoms. The van der Waals surface area contributed by atoms with Gasteiger partial charge < -0.3 is 0 Å². The van der Waals surface area contributed by atoms with Gasteiger partial charge in [0, 0.05) is 31.9 Å². The van der Waals surface area contributed by atoms with Crippen LogP contribution in [0.5, 0.6) is 0 Å². The van der Waals surface area contributed by atoms with Crippen LogP contribution in [0.1, 0.15) is 12.5 Å². The monoisotopic (exact) mass is 315 g/mol. The number of sulfonamides is 1. The number of nitrogens with zero attached hydrogens (tertiary/aromatic N) is 3. The SMILES string of the molecule is CCN(Cc1cnn(C)c1)S(=O)(=O)c1cc(F)ccc1F. The maximum atomic E-state index is 13.7. The third-order valence-corrected chi connectivity index (χ3v) is 4.92. The largest absolute Gasteiger partial charge is 0.275 e. The summed E-state index contributed by atoms with van der Waals surface area (Å²) in [6, 6.07) is 2.38. The Labute approximate surface area is 121 Å². The first-order valence-electron chi connectivity index (χ1n) is 6.27. The van der Waals surface area contributed by atoms with Crippen LogP contribution in [-0.2, 0) is 23.6 Å². The number of benzene rings is 1. The molecule has 8 heteroatoms. The van der Waals surface area contributed by atoms with Gasteiger partial charge in [-0.05, 0) is 18.2 Å². The van der Waals surface area contributed by atoms with Crippen LogP contribution in [0.3, 0.4) is 0 Å². The molecule has 1 heterocycles. The van der Waals surface area contributed by atoms with E-state index in [1.54, 1.807) is 24.9 Å². The Balaban J connectivity index is 2.37. The zero-order chi connectivity index (χ0) is 15.6. The lowest BCUT2D eigenvalue weighted by atomic mass is 10.3. The first-order chi connectivity index (χ1) is 9.84. The summed E-state index contributed by atoms with van der Waals surface area (Å²) in [5.41, 5.74) is 0.666. The van der Waals surface area contributed by atoms with Crippen molar-refractivity contribution in [2.75, 3.05) is 6.54 Å². The van der Waals surface area contributed by atoms with Gasteiger partial charge in [-0.25, -0.2) is 17.2 Å². The van der Waals surface area contributed by atoms with Gasteiger partial charge in [0.1, 0.15) is 16.5 Å². The summed E-state index contributed by atoms with van der Waals surface area (Å²) in [6.07, 6.45) is 3.19. The van der Waals surface area contributed by atoms with Gasteiger partial charge in [0.15, 0.2) is 0 Å². The van der Waals surface area contributed by atoms with E-state index in [1.807, 2.05) is 0 Å². The number of halogens is 2. The van der Waals surface area contributed by atoms with Gasteiger partial charge in [-0.3, -0.25) is 4.68 Å². The smallest absolute Gasteiger partial charge is 0.246 e. The van der Waals surface area contributed by atoms with Crippen LogP contribution >= 0.6 is 0 Å². The molecule has 0 N–H and O–H groups in total. The molecule has 2 aromatic rings. The Morgan fingerprint density at radius 3 is 2.62 bits per heavy atom. The third kappa shape index (κ3) is 3.27. The zero-order valence-corrected chi connectivity index (χ0v) is 12.4. The Bertz CT molecular complexity index is 744. The van der Waals surface area contributed by atoms with E-state index in [-0.39, 0.29) is 13.1 Å². The van der Waals surface area contributed by atoms with Crippen LogP contribution in [0.2, 0.25) is 0 Å². The molecule has 1 aromatic heterocycles. The van der Waals surface area contributed by atoms with Crippen LogP contribution in [0.15, 0.2) is 35.5 Å². The molecule has 0 radical (unpaired) electrons. The van der Waals surface area contributed by atoms with Crippen molar-refractivity contribution in [3.05, 3.63) is 47.8 Å². The van der Waals surface area contributed by atoms with E-state index in [1.165, 1.54) is 6.20 Å². The maximum Gasteiger partial charge on any atom is 0.246 e. The highest BCUT2D eigenvalue weighted by atomic mass is 32.2. The summed E-state index contributed by atoms with van der Waals surface area (Å²) in [4.78, 5) is -0.659. The van der Waals surface area contributed by atoms with Gasteiger partial charge in [-0.1, -0.05) is 6.92 Å². The summed E-state index contributed by atoms with van der Waals surface area (Å²) in [5.74, 6) is -1.77. The summed E-state index contributed by atoms with van der Waals surface area (Å²) < 4.78 is 54.4. The normalized spacial score (nSPS) is 12.0. The summed E-state index contributed by atoms with van der Waals surface area (Å²) in [5, 5.41) is 3.95. The fourth-order valence-corrected chi connectivity index (χ4v) is 3.45. The predicted octanol–water partition coefficient (Wildman–Crippen LogP) is 1.91. The van der Waals surface area contributed by atoms with E-state index in [4.69, 9.17) is 0 Å². The molecule has 0 fully saturated rings. The van der Waals surface area contributed by atoms with Gasteiger partial charge in [0.05, 0.1) is 6.20 Å². The lowest BCUT2D eigenvalue weighted by molar-refractivity contribution is 0.418. The lowest BCUT2D eigenvalue weighted by Crippen LogP contribution is -2.31. The van der Waals surface area contributed by atoms with Crippen LogP contribution in [0.4, 0.5) is 8.78 Å². The number of hydrogen-bond donors (Lipinski definition) is 0. The second-order valence-corrected chi connectivity index (χ2v) is 6.43. The highest BCUT2D eigenvalue weighted by Gasteiger charge is 2.27. The first-order valence-corrected chi connectivity index (χ1v) is 7.71. The Hall–Kier alpha value is -1.80. The second kappa shape index (κ2) is 5.90. The van der Waals surface area contributed by atoms with Crippen molar-refractivity contribution in [2.24, 2.45) is 7.05 Å². The standard InChI is InChI=1S/C13H15F2N3O2S/c1-3-18(9-10-7-16-17(2)8-10)21(19,20)13-6-11(14)4-5-12(13)15/h4-8H,3,9H2,1-2H3. The van der Waals surface area contributed by atoms with Crippen molar-refractivity contribution in [1.82, 2.24) is 14.1 Å². The highest BCUT2D eigenvalue weighted by molar-refractivity contribution is 7.89. The van der Waals surface area contributed by atoms with Crippen LogP contribution in [0, 0.1) is 11.6 Å². The number of aryl methyl sites for hydroxylation is 1. The molecule has 0 aliphatic carbocycles. The minimum atomic E-state index is -4.11. The van der Waals surface area contributed by atoms with Crippen LogP contribution in [-0.4, -0.2) is 29.0 Å². The fourth-order valence-electron chi connectivity index (χ4n) is 1.94. The summed E-state index contributed by atoms with van der Waals surface area (Å²) in [7, 11) is -2.40. The molecule has 0 bridgehead atoms. The average Bonchev–Trinajstić information content (AvgIpc) is 2.84. The van der Waals surface area contributed by atoms with E-state index < -0.39 is 26.6 Å². The van der Waals surface area contributed by atoms with Crippen LogP contribution in [0.25, 0.3) is 0 Å². The quantitative estimate of drug-likeness (QED) is 0.847. The molecular weight excluding hydrogens is 300 g/mol. The van der Waals surface area contributed by atoms with Crippen molar-refractivity contribution >= 4 is 10.0 Å². The lowest BCUT2D eigenvalue weighted by Gasteiger charge is -2.20. The third-order valence-electron chi connectivity index (χ3n) is 2.98. The van der Waals surface area contributed by atoms with E-state index in [0.29, 0.717) is 11.6 Å². The van der Waals surface area contributed by atoms with Crippen molar-refractivity contribution in [3.8, 4) is 0 Å². The summed E-state index contributed by atoms with van der Waals surface area (Å²) >= 11 is 0. The van der Waals surface area contributed by atoms with E-state index in [9.17, 15) is 17.2 Å². The predicted molar refractivity (Wildman–Crippen MR) is 72.8 cm³/mol. The molecule has 1 aromatic carbocycles. The molecule has 0 saturated carbocycles. The topological polar surface area (TPSA) is 55.2 Å². The molecule has 0 aliphatic rings. The minimum absolute atomic E-state index is 0.0443. The number of aromatic nitrogens is 2. The molecule has 0 unspecified atom stereocenters. The molecule has 5 nitrogen and oxygen atoms in total. The van der Waals surface area contributed by atoms with Gasteiger partial charge in [0.25, 0.3) is 0 Å². The number of hydrogen-bond acceptors (Lipinski definition) is 3. The molecule has 0 aliphatic heterocycles. The maximum absolute atomic E-state index is 13.7. The second-order valence-electron chi connectivity index (χ2n) is 4.53. The molecule has 0 atom stereocenters. The van der Waals surface area contributed by atoms with Gasteiger partial charge >= 0.3 is 0 Å². The van der Waals surface area contributed by atoms with Crippen molar-refractivity contribution in [1.29, 1.82) is 0 Å². The fraction of sp³-hybridized carbons (Fsp3) is 0.308. The van der Waals surface area contributed by atoms with Crippen molar-refractivity contribution in [3.63, 3.8) is 0 Å². The zero-order valence-electron chi connectivity index (χ0n) is 11.6. The minimum Gasteiger partial charge on any atom is -0.275 e. The average molecular weight is 315 g/mol. The van der Waals surface area contributed by atoms with Gasteiger partial charge in [0.2, 0.25) is 10.0 Å². The van der Waals surface area contributed by atoms with E-state index in [2.05, 4.69) is 5.10 Å². The Morgan fingerprint density at radius 1 is 1.33 bits per heavy atom. The first kappa shape index (κ1) is 15.6. The van der Waals surface area contributed by atoms with Gasteiger partial charge in [-0.2, -0.15) is 9.40 Å². The molecule has 2 rings (SSSR count). The van der Waals surface area contributed by atoms with Crippen molar-refractivity contribution in [2.45, 2.75) is 18.4 Å². The molecule has 0 spiro atoms. The molecule has 114 valence electrons. The molecular formula is C13H15F2N3O2S. The van der Waals surface area contributed by atoms with Crippen molar-refractivity contribution < 1.29 is 17.2 Å². The molecule has 0 amide bonds. The van der Waals surface area contributed by atoms with Gasteiger partial charge in [-0.15, -0.1) is 0 Å². The molecule has 0 saturated heterocycles. The Morgan fingerprint density at radius 2 is 2.05 bits per heavy atom. The summed E-state index contributed by atoms with van der Waals surface area (Å²) in [6.45, 7) is 1.81. The van der Waals surface area contributed by atoms with Crippen LogP contribution < -0.4 is 0 Å². The number of rotatable bonds is 5.